The van der Waals surface area contributed by atoms with Crippen molar-refractivity contribution in [3.63, 3.8) is 0 Å². The van der Waals surface area contributed by atoms with Crippen molar-refractivity contribution in [2.45, 2.75) is 50.4 Å². The van der Waals surface area contributed by atoms with E-state index in [2.05, 4.69) is 36.2 Å². The van der Waals surface area contributed by atoms with E-state index in [-0.39, 0.29) is 0 Å². The first-order chi connectivity index (χ1) is 14.0. The molecule has 2 aromatic carbocycles. The zero-order chi connectivity index (χ0) is 20.5. The number of nitrogens with zero attached hydrogens (tertiary/aromatic N) is 2. The fraction of sp³-hybridized carbons (Fsp3) is 0.409. The van der Waals surface area contributed by atoms with Crippen molar-refractivity contribution in [2.24, 2.45) is 0 Å². The third-order valence-electron chi connectivity index (χ3n) is 5.65. The van der Waals surface area contributed by atoms with Crippen molar-refractivity contribution in [3.8, 4) is 0 Å². The lowest BCUT2D eigenvalue weighted by Crippen LogP contribution is -2.55. The van der Waals surface area contributed by atoms with Crippen LogP contribution in [0.2, 0.25) is 0 Å². The summed E-state index contributed by atoms with van der Waals surface area (Å²) in [5.41, 5.74) is 4.77. The van der Waals surface area contributed by atoms with Gasteiger partial charge in [-0.15, -0.1) is 0 Å². The number of aliphatic hydroxyl groups excluding tert-OH is 4. The van der Waals surface area contributed by atoms with Crippen LogP contribution in [-0.2, 0) is 17.7 Å². The summed E-state index contributed by atoms with van der Waals surface area (Å²) in [6, 6.07) is 13.9. The lowest BCUT2D eigenvalue weighted by Gasteiger charge is -2.40. The van der Waals surface area contributed by atoms with Crippen molar-refractivity contribution in [1.29, 1.82) is 0 Å². The summed E-state index contributed by atoms with van der Waals surface area (Å²) >= 11 is 0. The number of ether oxygens (including phenoxy) is 1. The van der Waals surface area contributed by atoms with Crippen LogP contribution in [0.1, 0.15) is 29.7 Å². The smallest absolute Gasteiger partial charge is 0.113 e. The quantitative estimate of drug-likeness (QED) is 0.514. The van der Waals surface area contributed by atoms with E-state index in [0.717, 1.165) is 23.0 Å². The molecule has 7 heteroatoms. The highest BCUT2D eigenvalue weighted by molar-refractivity contribution is 5.76. The summed E-state index contributed by atoms with van der Waals surface area (Å²) in [7, 11) is 0. The molecule has 7 nitrogen and oxygen atoms in total. The minimum atomic E-state index is -1.40. The lowest BCUT2D eigenvalue weighted by molar-refractivity contribution is -0.231. The van der Waals surface area contributed by atoms with Crippen LogP contribution < -0.4 is 0 Å². The Morgan fingerprint density at radius 2 is 1.69 bits per heavy atom. The fourth-order valence-electron chi connectivity index (χ4n) is 3.83. The van der Waals surface area contributed by atoms with E-state index in [1.807, 2.05) is 16.7 Å². The minimum absolute atomic E-state index is 0.449. The molecular formula is C22H26N2O5. The number of aromatic nitrogens is 2. The molecule has 154 valence electrons. The molecule has 1 aliphatic rings. The summed E-state index contributed by atoms with van der Waals surface area (Å²) in [6.07, 6.45) is -3.09. The van der Waals surface area contributed by atoms with Gasteiger partial charge in [0.2, 0.25) is 0 Å². The molecule has 0 aliphatic carbocycles. The second-order valence-electron chi connectivity index (χ2n) is 7.54. The highest BCUT2D eigenvalue weighted by Crippen LogP contribution is 2.33. The van der Waals surface area contributed by atoms with Crippen LogP contribution in [-0.4, -0.2) is 61.0 Å². The Hall–Kier alpha value is -2.29. The van der Waals surface area contributed by atoms with Gasteiger partial charge in [0.15, 0.2) is 0 Å². The molecule has 0 unspecified atom stereocenters. The molecule has 3 aromatic rings. The van der Waals surface area contributed by atoms with Gasteiger partial charge >= 0.3 is 0 Å². The van der Waals surface area contributed by atoms with Crippen LogP contribution in [0.5, 0.6) is 0 Å². The van der Waals surface area contributed by atoms with Gasteiger partial charge < -0.3 is 29.7 Å². The zero-order valence-corrected chi connectivity index (χ0v) is 16.2. The predicted octanol–water partition coefficient (Wildman–Crippen LogP) is 1.16. The Bertz CT molecular complexity index is 969. The van der Waals surface area contributed by atoms with E-state index in [1.165, 1.54) is 5.56 Å². The molecule has 0 radical (unpaired) electrons. The molecule has 29 heavy (non-hydrogen) atoms. The lowest BCUT2D eigenvalue weighted by atomic mass is 9.91. The first kappa shape index (κ1) is 20.0. The maximum Gasteiger partial charge on any atom is 0.113 e. The normalized spacial score (nSPS) is 27.4. The summed E-state index contributed by atoms with van der Waals surface area (Å²) in [5, 5.41) is 39.9. The molecule has 1 aromatic heterocycles. The minimum Gasteiger partial charge on any atom is -0.394 e. The zero-order valence-electron chi connectivity index (χ0n) is 16.2. The number of hydrogen-bond acceptors (Lipinski definition) is 6. The number of benzene rings is 2. The van der Waals surface area contributed by atoms with E-state index in [0.29, 0.717) is 12.1 Å². The second kappa shape index (κ2) is 8.22. The van der Waals surface area contributed by atoms with E-state index >= 15 is 0 Å². The van der Waals surface area contributed by atoms with Crippen LogP contribution in [0, 0.1) is 0 Å². The van der Waals surface area contributed by atoms with Crippen molar-refractivity contribution < 1.29 is 25.2 Å². The highest BCUT2D eigenvalue weighted by atomic mass is 16.5. The molecule has 0 saturated carbocycles. The van der Waals surface area contributed by atoms with E-state index < -0.39 is 37.1 Å². The van der Waals surface area contributed by atoms with Gasteiger partial charge in [0, 0.05) is 6.54 Å². The molecule has 5 atom stereocenters. The molecule has 4 rings (SSSR count). The van der Waals surface area contributed by atoms with Gasteiger partial charge in [0.05, 0.1) is 24.0 Å². The van der Waals surface area contributed by atoms with Gasteiger partial charge in [-0.25, -0.2) is 4.98 Å². The highest BCUT2D eigenvalue weighted by Gasteiger charge is 2.44. The van der Waals surface area contributed by atoms with Gasteiger partial charge in [-0.2, -0.15) is 0 Å². The third kappa shape index (κ3) is 3.80. The van der Waals surface area contributed by atoms with E-state index in [1.54, 1.807) is 12.4 Å². The Labute approximate surface area is 168 Å². The summed E-state index contributed by atoms with van der Waals surface area (Å²) in [4.78, 5) is 4.44. The van der Waals surface area contributed by atoms with Crippen LogP contribution in [0.3, 0.4) is 0 Å². The van der Waals surface area contributed by atoms with Crippen molar-refractivity contribution in [1.82, 2.24) is 9.55 Å². The molecule has 1 aliphatic heterocycles. The van der Waals surface area contributed by atoms with Gasteiger partial charge in [-0.1, -0.05) is 37.3 Å². The first-order valence-electron chi connectivity index (χ1n) is 9.85. The Kier molecular flexibility index (Phi) is 5.67. The maximum atomic E-state index is 10.4. The Morgan fingerprint density at radius 3 is 2.38 bits per heavy atom. The first-order valence-corrected chi connectivity index (χ1v) is 9.85. The summed E-state index contributed by atoms with van der Waals surface area (Å²) in [5.74, 6) is 0. The third-order valence-corrected chi connectivity index (χ3v) is 5.65. The predicted molar refractivity (Wildman–Crippen MR) is 107 cm³/mol. The van der Waals surface area contributed by atoms with Crippen molar-refractivity contribution in [3.05, 3.63) is 65.5 Å². The standard InChI is InChI=1S/C22H26N2O5/c1-2-13-3-5-14(6-4-13)10-24-12-23-16-8-7-15(9-17(16)24)22-21(28)20(27)19(26)18(11-25)29-22/h3-9,12,18-22,25-28H,2,10-11H2,1H3/t18-,19-,20+,21-,22+/m1/s1. The summed E-state index contributed by atoms with van der Waals surface area (Å²) < 4.78 is 7.70. The summed E-state index contributed by atoms with van der Waals surface area (Å²) in [6.45, 7) is 2.33. The van der Waals surface area contributed by atoms with Crippen LogP contribution >= 0.6 is 0 Å². The van der Waals surface area contributed by atoms with Gasteiger partial charge in [-0.3, -0.25) is 0 Å². The monoisotopic (exact) mass is 398 g/mol. The molecular weight excluding hydrogens is 372 g/mol. The van der Waals surface area contributed by atoms with Gasteiger partial charge in [0.25, 0.3) is 0 Å². The average molecular weight is 398 g/mol. The van der Waals surface area contributed by atoms with Crippen molar-refractivity contribution >= 4 is 11.0 Å². The van der Waals surface area contributed by atoms with Gasteiger partial charge in [-0.05, 0) is 35.2 Å². The molecule has 0 amide bonds. The SMILES string of the molecule is CCc1ccc(Cn2cnc3ccc([C@@H]4O[C@H](CO)[C@@H](O)[C@H](O)[C@H]4O)cc32)cc1. The Balaban J connectivity index is 1.64. The fourth-order valence-corrected chi connectivity index (χ4v) is 3.83. The molecule has 4 N–H and O–H groups in total. The number of hydrogen-bond donors (Lipinski definition) is 4. The number of aryl methyl sites for hydroxylation is 1. The number of aliphatic hydroxyl groups is 4. The van der Waals surface area contributed by atoms with Crippen LogP contribution in [0.15, 0.2) is 48.8 Å². The van der Waals surface area contributed by atoms with E-state index in [4.69, 9.17) is 4.74 Å². The molecule has 0 spiro atoms. The number of rotatable bonds is 5. The second-order valence-corrected chi connectivity index (χ2v) is 7.54. The van der Waals surface area contributed by atoms with E-state index in [9.17, 15) is 20.4 Å². The van der Waals surface area contributed by atoms with Crippen LogP contribution in [0.25, 0.3) is 11.0 Å². The topological polar surface area (TPSA) is 108 Å². The van der Waals surface area contributed by atoms with Crippen LogP contribution in [0.4, 0.5) is 0 Å². The molecule has 1 fully saturated rings. The number of imidazole rings is 1. The largest absolute Gasteiger partial charge is 0.394 e. The maximum absolute atomic E-state index is 10.4. The van der Waals surface area contributed by atoms with Crippen molar-refractivity contribution in [2.75, 3.05) is 6.61 Å². The molecule has 1 saturated heterocycles. The average Bonchev–Trinajstić information content (AvgIpc) is 3.15. The van der Waals surface area contributed by atoms with Gasteiger partial charge in [0.1, 0.15) is 30.5 Å². The number of fused-ring (bicyclic) bond motifs is 1. The molecule has 0 bridgehead atoms. The molecule has 2 heterocycles. The Morgan fingerprint density at radius 1 is 0.966 bits per heavy atom.